The predicted molar refractivity (Wildman–Crippen MR) is 128 cm³/mol. The third kappa shape index (κ3) is 5.17. The predicted octanol–water partition coefficient (Wildman–Crippen LogP) is 7.09. The Morgan fingerprint density at radius 3 is 2.49 bits per heavy atom. The van der Waals surface area contributed by atoms with Gasteiger partial charge in [0, 0.05) is 13.6 Å². The fourth-order valence-corrected chi connectivity index (χ4v) is 4.72. The Labute approximate surface area is 201 Å². The van der Waals surface area contributed by atoms with Gasteiger partial charge in [-0.05, 0) is 63.6 Å². The molecular weight excluding hydrogens is 455 g/mol. The number of aromatic nitrogens is 2. The minimum absolute atomic E-state index is 0.0967. The van der Waals surface area contributed by atoms with Crippen LogP contribution >= 0.6 is 0 Å². The van der Waals surface area contributed by atoms with E-state index in [1.165, 1.54) is 6.07 Å². The summed E-state index contributed by atoms with van der Waals surface area (Å²) >= 11 is 0. The number of anilines is 1. The third-order valence-electron chi connectivity index (χ3n) is 6.47. The molecule has 1 heterocycles. The molecule has 4 aromatic rings. The van der Waals surface area contributed by atoms with Crippen molar-refractivity contribution in [3.8, 4) is 11.1 Å². The van der Waals surface area contributed by atoms with Gasteiger partial charge in [0.25, 0.3) is 0 Å². The summed E-state index contributed by atoms with van der Waals surface area (Å²) in [4.78, 5) is 2.02. The molecule has 5 rings (SSSR count). The highest BCUT2D eigenvalue weighted by atomic mass is 19.4. The summed E-state index contributed by atoms with van der Waals surface area (Å²) in [5.74, 6) is 0. The monoisotopic (exact) mass is 481 g/mol. The van der Waals surface area contributed by atoms with Crippen molar-refractivity contribution in [2.24, 2.45) is 0 Å². The summed E-state index contributed by atoms with van der Waals surface area (Å²) in [5, 5.41) is 8.06. The molecule has 0 aliphatic heterocycles. The lowest BCUT2D eigenvalue weighted by atomic mass is 9.99. The molecule has 35 heavy (non-hydrogen) atoms. The van der Waals surface area contributed by atoms with Crippen LogP contribution in [0.4, 0.5) is 18.9 Å². The Balaban J connectivity index is 1.50. The van der Waals surface area contributed by atoms with Crippen molar-refractivity contribution in [2.45, 2.75) is 50.6 Å². The molecule has 1 aliphatic rings. The molecule has 3 aromatic carbocycles. The fourth-order valence-electron chi connectivity index (χ4n) is 4.72. The first-order valence-electron chi connectivity index (χ1n) is 11.7. The molecule has 1 saturated carbocycles. The van der Waals surface area contributed by atoms with E-state index >= 15 is 0 Å². The minimum atomic E-state index is -4.50. The maximum atomic E-state index is 14.0. The number of ether oxygens (including phenoxy) is 1. The van der Waals surface area contributed by atoms with Crippen molar-refractivity contribution >= 4 is 16.7 Å². The van der Waals surface area contributed by atoms with Crippen molar-refractivity contribution in [1.29, 1.82) is 0 Å². The van der Waals surface area contributed by atoms with E-state index in [1.54, 1.807) is 24.3 Å². The van der Waals surface area contributed by atoms with Gasteiger partial charge in [-0.2, -0.15) is 13.2 Å². The van der Waals surface area contributed by atoms with E-state index in [-0.39, 0.29) is 11.7 Å². The Hall–Kier alpha value is -3.39. The minimum Gasteiger partial charge on any atom is -0.368 e. The molecule has 0 spiro atoms. The average Bonchev–Trinajstić information content (AvgIpc) is 3.54. The smallest absolute Gasteiger partial charge is 0.368 e. The number of benzene rings is 3. The second kappa shape index (κ2) is 9.70. The van der Waals surface area contributed by atoms with Crippen molar-refractivity contribution < 1.29 is 22.5 Å². The van der Waals surface area contributed by atoms with E-state index in [4.69, 9.17) is 9.37 Å². The van der Waals surface area contributed by atoms with Crippen LogP contribution in [0, 0.1) is 0 Å². The van der Waals surface area contributed by atoms with E-state index in [2.05, 4.69) is 10.3 Å². The van der Waals surface area contributed by atoms with Crippen LogP contribution in [0.15, 0.2) is 71.4 Å². The number of halogens is 3. The summed E-state index contributed by atoms with van der Waals surface area (Å²) in [5.41, 5.74) is 4.50. The largest absolute Gasteiger partial charge is 0.418 e. The Bertz CT molecular complexity index is 1280. The van der Waals surface area contributed by atoms with Crippen LogP contribution < -0.4 is 4.90 Å². The fraction of sp³-hybridized carbons (Fsp3) is 0.333. The van der Waals surface area contributed by atoms with Crippen LogP contribution in [0.1, 0.15) is 42.9 Å². The van der Waals surface area contributed by atoms with Gasteiger partial charge in [-0.1, -0.05) is 61.4 Å². The number of hydrogen-bond donors (Lipinski definition) is 0. The van der Waals surface area contributed by atoms with Crippen LogP contribution in [-0.4, -0.2) is 29.6 Å². The second-order valence-electron chi connectivity index (χ2n) is 9.06. The van der Waals surface area contributed by atoms with Crippen LogP contribution in [0.2, 0.25) is 0 Å². The van der Waals surface area contributed by atoms with E-state index in [0.29, 0.717) is 36.0 Å². The van der Waals surface area contributed by atoms with Gasteiger partial charge in [0.2, 0.25) is 0 Å². The molecule has 0 amide bonds. The number of hydrogen-bond acceptors (Lipinski definition) is 5. The summed E-state index contributed by atoms with van der Waals surface area (Å²) in [6, 6.07) is 20.1. The zero-order valence-electron chi connectivity index (χ0n) is 19.3. The first-order chi connectivity index (χ1) is 16.9. The van der Waals surface area contributed by atoms with Crippen LogP contribution in [0.25, 0.3) is 22.2 Å². The molecule has 1 fully saturated rings. The van der Waals surface area contributed by atoms with Gasteiger partial charge < -0.3 is 9.64 Å². The first-order valence-corrected chi connectivity index (χ1v) is 11.7. The van der Waals surface area contributed by atoms with E-state index in [9.17, 15) is 13.2 Å². The van der Waals surface area contributed by atoms with Crippen LogP contribution in [-0.2, 0) is 11.3 Å². The highest BCUT2D eigenvalue weighted by Crippen LogP contribution is 2.41. The summed E-state index contributed by atoms with van der Waals surface area (Å²) in [6.45, 7) is 0.623. The zero-order valence-corrected chi connectivity index (χ0v) is 19.3. The number of alkyl halides is 3. The lowest BCUT2D eigenvalue weighted by Crippen LogP contribution is -2.27. The summed E-state index contributed by atoms with van der Waals surface area (Å²) < 4.78 is 52.5. The van der Waals surface area contributed by atoms with Gasteiger partial charge in [-0.25, -0.2) is 4.63 Å². The number of rotatable bonds is 7. The Morgan fingerprint density at radius 1 is 0.971 bits per heavy atom. The second-order valence-corrected chi connectivity index (χ2v) is 9.06. The van der Waals surface area contributed by atoms with Crippen molar-refractivity contribution in [2.75, 3.05) is 11.9 Å². The van der Waals surface area contributed by atoms with Crippen LogP contribution in [0.5, 0.6) is 0 Å². The molecule has 1 aromatic heterocycles. The van der Waals surface area contributed by atoms with Gasteiger partial charge in [0.15, 0.2) is 11.6 Å². The van der Waals surface area contributed by atoms with Gasteiger partial charge >= 0.3 is 6.18 Å². The SMILES string of the molecule is CN(Cc1ccccc1)c1cc(-c2cccc(C(OC3CCCC3)C(F)(F)F)c2)cc2nonc12. The maximum absolute atomic E-state index is 14.0. The molecule has 8 heteroatoms. The lowest BCUT2D eigenvalue weighted by Gasteiger charge is -2.25. The van der Waals surface area contributed by atoms with E-state index in [1.807, 2.05) is 48.3 Å². The Kier molecular flexibility index (Phi) is 6.47. The van der Waals surface area contributed by atoms with Crippen molar-refractivity contribution in [1.82, 2.24) is 10.3 Å². The molecule has 0 bridgehead atoms. The Morgan fingerprint density at radius 2 is 1.74 bits per heavy atom. The van der Waals surface area contributed by atoms with Gasteiger partial charge in [-0.3, -0.25) is 0 Å². The average molecular weight is 482 g/mol. The molecule has 0 N–H and O–H groups in total. The normalized spacial score (nSPS) is 15.5. The topological polar surface area (TPSA) is 51.4 Å². The third-order valence-corrected chi connectivity index (χ3v) is 6.47. The zero-order chi connectivity index (χ0) is 24.4. The molecule has 182 valence electrons. The highest BCUT2D eigenvalue weighted by molar-refractivity contribution is 5.92. The summed E-state index contributed by atoms with van der Waals surface area (Å²) in [6.07, 6.45) is -3.68. The van der Waals surface area contributed by atoms with E-state index in [0.717, 1.165) is 29.7 Å². The maximum Gasteiger partial charge on any atom is 0.418 e. The van der Waals surface area contributed by atoms with Crippen molar-refractivity contribution in [3.05, 3.63) is 77.9 Å². The quantitative estimate of drug-likeness (QED) is 0.282. The summed E-state index contributed by atoms with van der Waals surface area (Å²) in [7, 11) is 1.94. The van der Waals surface area contributed by atoms with E-state index < -0.39 is 12.3 Å². The van der Waals surface area contributed by atoms with Gasteiger partial charge in [-0.15, -0.1) is 0 Å². The molecule has 1 unspecified atom stereocenters. The molecule has 0 saturated heterocycles. The standard InChI is InChI=1S/C27H26F3N3O2/c1-33(17-18-8-3-2-4-9-18)24-16-21(15-23-25(24)32-35-31-23)19-10-7-11-20(14-19)26(27(28,29)30)34-22-12-5-6-13-22/h2-4,7-11,14-16,22,26H,5-6,12-13,17H2,1H3. The van der Waals surface area contributed by atoms with Gasteiger partial charge in [0.05, 0.1) is 11.8 Å². The first kappa shape index (κ1) is 23.4. The molecule has 1 atom stereocenters. The van der Waals surface area contributed by atoms with Crippen LogP contribution in [0.3, 0.4) is 0 Å². The molecule has 1 aliphatic carbocycles. The van der Waals surface area contributed by atoms with Gasteiger partial charge in [0.1, 0.15) is 5.52 Å². The van der Waals surface area contributed by atoms with Crippen molar-refractivity contribution in [3.63, 3.8) is 0 Å². The molecular formula is C27H26F3N3O2. The number of fused-ring (bicyclic) bond motifs is 1. The molecule has 0 radical (unpaired) electrons. The highest BCUT2D eigenvalue weighted by Gasteiger charge is 2.43. The molecule has 5 nitrogen and oxygen atoms in total. The lowest BCUT2D eigenvalue weighted by molar-refractivity contribution is -0.236. The number of nitrogens with zero attached hydrogens (tertiary/aromatic N) is 3.